The van der Waals surface area contributed by atoms with E-state index in [0.717, 1.165) is 11.4 Å². The smallest absolute Gasteiger partial charge is 0.251 e. The third kappa shape index (κ3) is 5.65. The zero-order chi connectivity index (χ0) is 20.8. The molecule has 0 fully saturated rings. The lowest BCUT2D eigenvalue weighted by atomic mass is 10.2. The molecule has 3 rings (SSSR count). The number of amides is 2. The molecule has 0 saturated carbocycles. The van der Waals surface area contributed by atoms with Gasteiger partial charge in [0.15, 0.2) is 5.82 Å². The van der Waals surface area contributed by atoms with Crippen molar-refractivity contribution in [2.45, 2.75) is 26.7 Å². The van der Waals surface area contributed by atoms with E-state index in [0.29, 0.717) is 41.5 Å². The van der Waals surface area contributed by atoms with Crippen LogP contribution in [0.2, 0.25) is 5.02 Å². The third-order valence-electron chi connectivity index (χ3n) is 4.23. The second-order valence-corrected chi connectivity index (χ2v) is 7.09. The van der Waals surface area contributed by atoms with Gasteiger partial charge in [0, 0.05) is 29.2 Å². The quantitative estimate of drug-likeness (QED) is 0.580. The second-order valence-electron chi connectivity index (χ2n) is 6.66. The van der Waals surface area contributed by atoms with Gasteiger partial charge in [-0.15, -0.1) is 0 Å². The maximum atomic E-state index is 12.1. The number of carbonyl (C=O) groups is 2. The Morgan fingerprint density at radius 1 is 1.10 bits per heavy atom. The van der Waals surface area contributed by atoms with Crippen LogP contribution in [0.25, 0.3) is 5.82 Å². The lowest BCUT2D eigenvalue weighted by molar-refractivity contribution is -0.116. The average molecular weight is 412 g/mol. The predicted molar refractivity (Wildman–Crippen MR) is 112 cm³/mol. The zero-order valence-corrected chi connectivity index (χ0v) is 17.0. The van der Waals surface area contributed by atoms with Gasteiger partial charge in [0.25, 0.3) is 5.91 Å². The molecule has 2 N–H and O–H groups in total. The van der Waals surface area contributed by atoms with E-state index in [1.165, 1.54) is 0 Å². The molecule has 0 aliphatic rings. The number of anilines is 1. The fourth-order valence-electron chi connectivity index (χ4n) is 2.82. The highest BCUT2D eigenvalue weighted by Crippen LogP contribution is 2.13. The van der Waals surface area contributed by atoms with Crippen LogP contribution in [0, 0.1) is 13.8 Å². The number of benzene rings is 1. The number of hydrogen-bond acceptors (Lipinski definition) is 4. The maximum absolute atomic E-state index is 12.1. The van der Waals surface area contributed by atoms with E-state index in [9.17, 15) is 9.59 Å². The Kier molecular flexibility index (Phi) is 6.61. The van der Waals surface area contributed by atoms with Crippen LogP contribution in [0.3, 0.4) is 0 Å². The van der Waals surface area contributed by atoms with Gasteiger partial charge in [-0.05, 0) is 62.7 Å². The molecule has 3 aromatic rings. The first kappa shape index (κ1) is 20.5. The molecule has 150 valence electrons. The Balaban J connectivity index is 1.43. The summed E-state index contributed by atoms with van der Waals surface area (Å²) in [6.07, 6.45) is 2.43. The number of aromatic nitrogens is 3. The molecule has 1 aromatic carbocycles. The van der Waals surface area contributed by atoms with Crippen molar-refractivity contribution in [1.82, 2.24) is 20.1 Å². The molecule has 2 aromatic heterocycles. The topological polar surface area (TPSA) is 88.9 Å². The van der Waals surface area contributed by atoms with Gasteiger partial charge >= 0.3 is 0 Å². The van der Waals surface area contributed by atoms with Crippen LogP contribution in [0.5, 0.6) is 0 Å². The van der Waals surface area contributed by atoms with Crippen molar-refractivity contribution < 1.29 is 9.59 Å². The van der Waals surface area contributed by atoms with Gasteiger partial charge in [0.2, 0.25) is 5.91 Å². The maximum Gasteiger partial charge on any atom is 0.251 e. The SMILES string of the molecule is Cc1cc(C)n(-c2ccc(NC(=O)CCCNC(=O)c3ccc(Cl)cc3)cn2)n1. The minimum Gasteiger partial charge on any atom is -0.352 e. The van der Waals surface area contributed by atoms with Crippen molar-refractivity contribution in [2.24, 2.45) is 0 Å². The molecule has 0 radical (unpaired) electrons. The van der Waals surface area contributed by atoms with Crippen LogP contribution < -0.4 is 10.6 Å². The number of nitrogens with zero attached hydrogens (tertiary/aromatic N) is 3. The van der Waals surface area contributed by atoms with Crippen molar-refractivity contribution in [3.63, 3.8) is 0 Å². The van der Waals surface area contributed by atoms with Crippen LogP contribution in [0.15, 0.2) is 48.7 Å². The van der Waals surface area contributed by atoms with Crippen molar-refractivity contribution in [3.05, 3.63) is 70.6 Å². The van der Waals surface area contributed by atoms with E-state index in [2.05, 4.69) is 20.7 Å². The number of hydrogen-bond donors (Lipinski definition) is 2. The summed E-state index contributed by atoms with van der Waals surface area (Å²) >= 11 is 5.81. The highest BCUT2D eigenvalue weighted by Gasteiger charge is 2.08. The summed E-state index contributed by atoms with van der Waals surface area (Å²) in [5.41, 5.74) is 3.07. The lowest BCUT2D eigenvalue weighted by Crippen LogP contribution is -2.25. The number of rotatable bonds is 7. The van der Waals surface area contributed by atoms with Crippen LogP contribution in [0.4, 0.5) is 5.69 Å². The molecule has 0 saturated heterocycles. The number of halogens is 1. The van der Waals surface area contributed by atoms with E-state index in [-0.39, 0.29) is 11.8 Å². The molecule has 0 spiro atoms. The summed E-state index contributed by atoms with van der Waals surface area (Å²) in [5, 5.41) is 10.6. The number of carbonyl (C=O) groups excluding carboxylic acids is 2. The first-order valence-corrected chi connectivity index (χ1v) is 9.63. The summed E-state index contributed by atoms with van der Waals surface area (Å²) in [5.74, 6) is 0.371. The standard InChI is InChI=1S/C21H22ClN5O2/c1-14-12-15(2)27(26-14)19-10-9-18(13-24-19)25-20(28)4-3-11-23-21(29)16-5-7-17(22)8-6-16/h5-10,12-13H,3-4,11H2,1-2H3,(H,23,29)(H,25,28). The first-order valence-electron chi connectivity index (χ1n) is 9.26. The molecule has 8 heteroatoms. The summed E-state index contributed by atoms with van der Waals surface area (Å²) in [6, 6.07) is 12.2. The fraction of sp³-hybridized carbons (Fsp3) is 0.238. The minimum absolute atomic E-state index is 0.133. The Labute approximate surface area is 174 Å². The van der Waals surface area contributed by atoms with Gasteiger partial charge in [-0.25, -0.2) is 9.67 Å². The highest BCUT2D eigenvalue weighted by molar-refractivity contribution is 6.30. The summed E-state index contributed by atoms with van der Waals surface area (Å²) in [6.45, 7) is 4.29. The number of pyridine rings is 1. The molecule has 0 bridgehead atoms. The molecule has 2 heterocycles. The van der Waals surface area contributed by atoms with Crippen LogP contribution >= 0.6 is 11.6 Å². The normalized spacial score (nSPS) is 10.6. The fourth-order valence-corrected chi connectivity index (χ4v) is 2.95. The van der Waals surface area contributed by atoms with Crippen molar-refractivity contribution in [2.75, 3.05) is 11.9 Å². The molecular formula is C21H22ClN5O2. The lowest BCUT2D eigenvalue weighted by Gasteiger charge is -2.08. The Bertz CT molecular complexity index is 997. The van der Waals surface area contributed by atoms with Gasteiger partial charge in [-0.2, -0.15) is 5.10 Å². The van der Waals surface area contributed by atoms with Crippen LogP contribution in [-0.2, 0) is 4.79 Å². The molecule has 2 amide bonds. The van der Waals surface area contributed by atoms with E-state index in [1.807, 2.05) is 19.9 Å². The van der Waals surface area contributed by atoms with Crippen molar-refractivity contribution in [1.29, 1.82) is 0 Å². The monoisotopic (exact) mass is 411 g/mol. The van der Waals surface area contributed by atoms with Crippen LogP contribution in [-0.4, -0.2) is 33.1 Å². The van der Waals surface area contributed by atoms with Gasteiger partial charge in [-0.3, -0.25) is 9.59 Å². The molecular weight excluding hydrogens is 390 g/mol. The van der Waals surface area contributed by atoms with E-state index < -0.39 is 0 Å². The van der Waals surface area contributed by atoms with Crippen molar-refractivity contribution in [3.8, 4) is 5.82 Å². The largest absolute Gasteiger partial charge is 0.352 e. The van der Waals surface area contributed by atoms with E-state index >= 15 is 0 Å². The van der Waals surface area contributed by atoms with Gasteiger partial charge < -0.3 is 10.6 Å². The Hall–Kier alpha value is -3.19. The molecule has 0 aliphatic carbocycles. The second kappa shape index (κ2) is 9.34. The minimum atomic E-state index is -0.189. The van der Waals surface area contributed by atoms with Crippen LogP contribution in [0.1, 0.15) is 34.6 Å². The summed E-state index contributed by atoms with van der Waals surface area (Å²) in [4.78, 5) is 28.4. The van der Waals surface area contributed by atoms with Gasteiger partial charge in [-0.1, -0.05) is 11.6 Å². The zero-order valence-electron chi connectivity index (χ0n) is 16.3. The number of aryl methyl sites for hydroxylation is 2. The van der Waals surface area contributed by atoms with Gasteiger partial charge in [0.05, 0.1) is 17.6 Å². The molecule has 29 heavy (non-hydrogen) atoms. The van der Waals surface area contributed by atoms with E-state index in [1.54, 1.807) is 47.3 Å². The predicted octanol–water partition coefficient (Wildman–Crippen LogP) is 3.69. The number of nitrogens with one attached hydrogen (secondary N) is 2. The van der Waals surface area contributed by atoms with E-state index in [4.69, 9.17) is 11.6 Å². The molecule has 0 unspecified atom stereocenters. The Morgan fingerprint density at radius 2 is 1.86 bits per heavy atom. The first-order chi connectivity index (χ1) is 13.9. The molecule has 7 nitrogen and oxygen atoms in total. The average Bonchev–Trinajstić information content (AvgIpc) is 3.04. The van der Waals surface area contributed by atoms with Gasteiger partial charge in [0.1, 0.15) is 0 Å². The molecule has 0 aliphatic heterocycles. The highest BCUT2D eigenvalue weighted by atomic mass is 35.5. The summed E-state index contributed by atoms with van der Waals surface area (Å²) < 4.78 is 1.75. The third-order valence-corrected chi connectivity index (χ3v) is 4.48. The molecule has 0 atom stereocenters. The van der Waals surface area contributed by atoms with Crippen molar-refractivity contribution >= 4 is 29.1 Å². The Morgan fingerprint density at radius 3 is 2.48 bits per heavy atom. The summed E-state index contributed by atoms with van der Waals surface area (Å²) in [7, 11) is 0.